The molecule has 0 aliphatic carbocycles. The first-order valence-corrected chi connectivity index (χ1v) is 29.3. The van der Waals surface area contributed by atoms with Crippen molar-refractivity contribution in [3.05, 3.63) is 149 Å². The van der Waals surface area contributed by atoms with Crippen LogP contribution in [0.15, 0.2) is 122 Å². The Bertz CT molecular complexity index is 3170. The van der Waals surface area contributed by atoms with Gasteiger partial charge in [-0.1, -0.05) is 112 Å². The van der Waals surface area contributed by atoms with Gasteiger partial charge in [0.2, 0.25) is 47.3 Å². The summed E-state index contributed by atoms with van der Waals surface area (Å²) in [6.07, 6.45) is 3.79. The summed E-state index contributed by atoms with van der Waals surface area (Å²) in [6, 6.07) is 19.4. The molecular weight excluding hydrogens is 1100 g/mol. The van der Waals surface area contributed by atoms with Crippen LogP contribution in [0.2, 0.25) is 5.02 Å². The number of primary amides is 1. The van der Waals surface area contributed by atoms with Gasteiger partial charge in [-0.05, 0) is 96.4 Å². The van der Waals surface area contributed by atoms with Gasteiger partial charge in [0, 0.05) is 65.3 Å². The number of nitrogens with two attached hydrogens (primary N) is 3. The Morgan fingerprint density at radius 3 is 2.11 bits per heavy atom. The van der Waals surface area contributed by atoms with Crippen LogP contribution in [0.25, 0.3) is 21.7 Å². The standard InChI is InChI=1S/C57H67ClN12O9S2/c1-32(71)49-57(79)69-48(55(77)65-44(50(61)72)25-34-15-18-36-10-2-3-11-37(36)23-34)31-81-80-30-47(68-51(73)41(60)24-33-16-19-39(58)20-17-33)56(78)66-45(26-35-9-8-22-62-28-35)53(75)67-46(27-38-29-63-42-13-5-4-12-40(38)42)54(76)64-43(52(74)70-49)14-6-7-21-59/h2-5,8-13,15-20,22-23,28-29,32,41,43-49,63,71H,6-7,14,21,24-27,30-31,59-60H2,1H3,(H2,61,72)(H,64,76)(H,65,77)(H,66,78)(H,67,75)(H,68,73)(H,69,79)(H,70,74)/t32-,41-,43-,44-,45-,46+,47-,48+,49+/m0/s1. The van der Waals surface area contributed by atoms with Crippen LogP contribution in [-0.4, -0.2) is 135 Å². The summed E-state index contributed by atoms with van der Waals surface area (Å²) < 4.78 is 0. The third-order valence-electron chi connectivity index (χ3n) is 13.6. The number of hydrogen-bond donors (Lipinski definition) is 12. The number of carbonyl (C=O) groups is 8. The summed E-state index contributed by atoms with van der Waals surface area (Å²) in [6.45, 7) is 1.51. The van der Waals surface area contributed by atoms with Gasteiger partial charge in [0.15, 0.2) is 0 Å². The highest BCUT2D eigenvalue weighted by Crippen LogP contribution is 2.25. The van der Waals surface area contributed by atoms with Crippen LogP contribution in [0.5, 0.6) is 0 Å². The number of aromatic amines is 1. The van der Waals surface area contributed by atoms with E-state index < -0.39 is 102 Å². The highest BCUT2D eigenvalue weighted by Gasteiger charge is 2.37. The van der Waals surface area contributed by atoms with Crippen molar-refractivity contribution < 1.29 is 43.5 Å². The minimum Gasteiger partial charge on any atom is -0.391 e. The highest BCUT2D eigenvalue weighted by molar-refractivity contribution is 8.76. The van der Waals surface area contributed by atoms with E-state index in [2.05, 4.69) is 47.2 Å². The molecule has 2 aromatic heterocycles. The van der Waals surface area contributed by atoms with Crippen molar-refractivity contribution in [3.63, 3.8) is 0 Å². The van der Waals surface area contributed by atoms with Gasteiger partial charge < -0.3 is 64.5 Å². The van der Waals surface area contributed by atoms with Gasteiger partial charge in [-0.25, -0.2) is 0 Å². The fraction of sp³-hybridized carbons (Fsp3) is 0.351. The van der Waals surface area contributed by atoms with Crippen LogP contribution < -0.4 is 54.4 Å². The van der Waals surface area contributed by atoms with Gasteiger partial charge in [-0.2, -0.15) is 0 Å². The molecular formula is C57H67ClN12O9S2. The van der Waals surface area contributed by atoms with E-state index in [1.165, 1.54) is 19.3 Å². The predicted molar refractivity (Wildman–Crippen MR) is 313 cm³/mol. The molecule has 0 radical (unpaired) electrons. The van der Waals surface area contributed by atoms with Crippen LogP contribution in [0.3, 0.4) is 0 Å². The molecule has 4 aromatic carbocycles. The molecule has 15 N–H and O–H groups in total. The lowest BCUT2D eigenvalue weighted by Crippen LogP contribution is -2.62. The molecule has 428 valence electrons. The van der Waals surface area contributed by atoms with Crippen LogP contribution in [0, 0.1) is 0 Å². The Labute approximate surface area is 481 Å². The second-order valence-corrected chi connectivity index (χ2v) is 22.8. The Morgan fingerprint density at radius 2 is 1.40 bits per heavy atom. The lowest BCUT2D eigenvalue weighted by Gasteiger charge is -2.29. The summed E-state index contributed by atoms with van der Waals surface area (Å²) in [4.78, 5) is 122. The minimum atomic E-state index is -1.70. The maximum absolute atomic E-state index is 14.8. The van der Waals surface area contributed by atoms with Crippen molar-refractivity contribution in [1.82, 2.24) is 47.2 Å². The number of halogens is 1. The number of amides is 8. The van der Waals surface area contributed by atoms with Gasteiger partial charge in [0.1, 0.15) is 42.3 Å². The first-order valence-electron chi connectivity index (χ1n) is 26.4. The van der Waals surface area contributed by atoms with Gasteiger partial charge in [0.05, 0.1) is 12.1 Å². The fourth-order valence-corrected chi connectivity index (χ4v) is 11.6. The molecule has 1 fully saturated rings. The molecule has 1 aliphatic rings. The lowest BCUT2D eigenvalue weighted by atomic mass is 10.0. The number of H-pyrrole nitrogens is 1. The number of aliphatic hydroxyl groups is 1. The number of unbranched alkanes of at least 4 members (excludes halogenated alkanes) is 1. The first-order chi connectivity index (χ1) is 39.0. The quantitative estimate of drug-likeness (QED) is 0.0431. The number of benzene rings is 4. The summed E-state index contributed by atoms with van der Waals surface area (Å²) in [5.74, 6) is -7.18. The maximum atomic E-state index is 14.8. The molecule has 3 heterocycles. The van der Waals surface area contributed by atoms with Crippen LogP contribution >= 0.6 is 33.2 Å². The summed E-state index contributed by atoms with van der Waals surface area (Å²) in [7, 11) is 2.03. The van der Waals surface area contributed by atoms with Gasteiger partial charge in [-0.15, -0.1) is 0 Å². The van der Waals surface area contributed by atoms with Crippen LogP contribution in [0.4, 0.5) is 0 Å². The molecule has 6 aromatic rings. The van der Waals surface area contributed by atoms with Gasteiger partial charge in [0.25, 0.3) is 0 Å². The number of rotatable bonds is 18. The van der Waals surface area contributed by atoms with E-state index in [9.17, 15) is 43.5 Å². The number of pyridine rings is 1. The van der Waals surface area contributed by atoms with Gasteiger partial charge >= 0.3 is 0 Å². The first kappa shape index (κ1) is 61.1. The second kappa shape index (κ2) is 29.8. The smallest absolute Gasteiger partial charge is 0.245 e. The number of nitrogens with one attached hydrogen (secondary N) is 8. The Kier molecular flexibility index (Phi) is 22.5. The molecule has 8 amide bonds. The zero-order chi connectivity index (χ0) is 58.0. The van der Waals surface area contributed by atoms with E-state index in [-0.39, 0.29) is 50.2 Å². The summed E-state index contributed by atoms with van der Waals surface area (Å²) in [5, 5.41) is 33.2. The maximum Gasteiger partial charge on any atom is 0.245 e. The molecule has 0 unspecified atom stereocenters. The topological polar surface area (TPSA) is 348 Å². The molecule has 7 rings (SSSR count). The monoisotopic (exact) mass is 1160 g/mol. The van der Waals surface area contributed by atoms with Crippen molar-refractivity contribution in [2.24, 2.45) is 17.2 Å². The van der Waals surface area contributed by atoms with E-state index in [0.29, 0.717) is 40.1 Å². The SMILES string of the molecule is C[C@H](O)[C@H]1NC(=O)[C@H](CCCCN)NC(=O)[C@@H](Cc2c[nH]c3ccccc23)NC(=O)[C@H](Cc2cccnc2)NC(=O)[C@@H](NC(=O)[C@@H](N)Cc2ccc(Cl)cc2)CSSC[C@H](C(=O)N[C@@H](Cc2ccc3ccccc3c2)C(N)=O)NC1=O. The number of aliphatic hydroxyl groups excluding tert-OH is 1. The number of aromatic nitrogens is 2. The van der Waals surface area contributed by atoms with E-state index >= 15 is 0 Å². The largest absolute Gasteiger partial charge is 0.391 e. The zero-order valence-corrected chi connectivity index (χ0v) is 46.8. The zero-order valence-electron chi connectivity index (χ0n) is 44.4. The number of carbonyl (C=O) groups excluding carboxylic acids is 8. The number of hydrogen-bond acceptors (Lipinski definition) is 14. The third-order valence-corrected chi connectivity index (χ3v) is 16.3. The van der Waals surface area contributed by atoms with Crippen molar-refractivity contribution in [1.29, 1.82) is 0 Å². The molecule has 0 bridgehead atoms. The Balaban J connectivity index is 1.24. The summed E-state index contributed by atoms with van der Waals surface area (Å²) in [5.41, 5.74) is 21.4. The normalized spacial score (nSPS) is 21.0. The van der Waals surface area contributed by atoms with Crippen LogP contribution in [0.1, 0.15) is 48.4 Å². The van der Waals surface area contributed by atoms with E-state index in [1.807, 2.05) is 60.7 Å². The van der Waals surface area contributed by atoms with E-state index in [4.69, 9.17) is 28.8 Å². The average Bonchev–Trinajstić information content (AvgIpc) is 3.91. The van der Waals surface area contributed by atoms with Gasteiger partial charge in [-0.3, -0.25) is 43.3 Å². The fourth-order valence-electron chi connectivity index (χ4n) is 9.13. The second-order valence-electron chi connectivity index (χ2n) is 19.8. The molecule has 1 aliphatic heterocycles. The highest BCUT2D eigenvalue weighted by atomic mass is 35.5. The molecule has 0 spiro atoms. The Morgan fingerprint density at radius 1 is 0.728 bits per heavy atom. The molecule has 9 atom stereocenters. The number of nitrogens with zero attached hydrogens (tertiary/aromatic N) is 1. The van der Waals surface area contributed by atoms with E-state index in [0.717, 1.165) is 43.3 Å². The molecule has 0 saturated carbocycles. The van der Waals surface area contributed by atoms with E-state index in [1.54, 1.807) is 48.7 Å². The lowest BCUT2D eigenvalue weighted by molar-refractivity contribution is -0.136. The molecule has 81 heavy (non-hydrogen) atoms. The molecule has 24 heteroatoms. The van der Waals surface area contributed by atoms with Crippen molar-refractivity contribution >= 4 is 102 Å². The molecule has 21 nitrogen and oxygen atoms in total. The molecule has 1 saturated heterocycles. The van der Waals surface area contributed by atoms with Crippen molar-refractivity contribution in [2.75, 3.05) is 18.1 Å². The minimum absolute atomic E-state index is 0.0113. The number of fused-ring (bicyclic) bond motifs is 2. The van der Waals surface area contributed by atoms with Crippen LogP contribution in [-0.2, 0) is 64.0 Å². The summed E-state index contributed by atoms with van der Waals surface area (Å²) >= 11 is 6.10. The number of para-hydroxylation sites is 1. The van der Waals surface area contributed by atoms with Crippen molar-refractivity contribution in [3.8, 4) is 0 Å². The Hall–Kier alpha value is -7.54. The predicted octanol–water partition coefficient (Wildman–Crippen LogP) is 1.75. The average molecular weight is 1160 g/mol. The third kappa shape index (κ3) is 17.7. The van der Waals surface area contributed by atoms with Crippen molar-refractivity contribution in [2.45, 2.75) is 106 Å².